The highest BCUT2D eigenvalue weighted by molar-refractivity contribution is 5.45. The Labute approximate surface area is 158 Å². The third kappa shape index (κ3) is 3.60. The van der Waals surface area contributed by atoms with Crippen molar-refractivity contribution < 1.29 is 9.47 Å². The quantitative estimate of drug-likeness (QED) is 0.722. The van der Waals surface area contributed by atoms with E-state index in [9.17, 15) is 0 Å². The fourth-order valence-corrected chi connectivity index (χ4v) is 3.65. The topological polar surface area (TPSA) is 73.6 Å². The summed E-state index contributed by atoms with van der Waals surface area (Å²) >= 11 is 0. The van der Waals surface area contributed by atoms with Gasteiger partial charge in [0, 0.05) is 25.2 Å². The molecule has 3 heterocycles. The predicted molar refractivity (Wildman–Crippen MR) is 103 cm³/mol. The van der Waals surface area contributed by atoms with Crippen LogP contribution >= 0.6 is 0 Å². The maximum atomic E-state index is 5.63. The number of anilines is 1. The summed E-state index contributed by atoms with van der Waals surface area (Å²) in [4.78, 5) is 0. The molecule has 1 saturated heterocycles. The van der Waals surface area contributed by atoms with Crippen molar-refractivity contribution in [1.29, 1.82) is 0 Å². The van der Waals surface area contributed by atoms with E-state index < -0.39 is 0 Å². The smallest absolute Gasteiger partial charge is 0.178 e. The third-order valence-corrected chi connectivity index (χ3v) is 5.25. The predicted octanol–water partition coefficient (Wildman–Crippen LogP) is 2.99. The number of aryl methyl sites for hydroxylation is 1. The Balaban J connectivity index is 1.56. The zero-order valence-electron chi connectivity index (χ0n) is 15.8. The van der Waals surface area contributed by atoms with Crippen molar-refractivity contribution in [3.63, 3.8) is 0 Å². The van der Waals surface area contributed by atoms with Gasteiger partial charge in [-0.15, -0.1) is 15.3 Å². The van der Waals surface area contributed by atoms with Gasteiger partial charge in [-0.25, -0.2) is 0 Å². The van der Waals surface area contributed by atoms with Crippen LogP contribution in [-0.2, 0) is 10.2 Å². The molecule has 1 aliphatic heterocycles. The van der Waals surface area contributed by atoms with Gasteiger partial charge in [-0.2, -0.15) is 4.52 Å². The minimum atomic E-state index is 0.0157. The van der Waals surface area contributed by atoms with E-state index in [4.69, 9.17) is 9.47 Å². The average molecular weight is 367 g/mol. The van der Waals surface area contributed by atoms with Crippen LogP contribution in [0.3, 0.4) is 0 Å². The minimum absolute atomic E-state index is 0.0157. The molecule has 142 valence electrons. The molecule has 0 aliphatic carbocycles. The molecule has 1 N–H and O–H groups in total. The van der Waals surface area contributed by atoms with Gasteiger partial charge in [0.1, 0.15) is 11.6 Å². The molecule has 0 bridgehead atoms. The van der Waals surface area contributed by atoms with E-state index >= 15 is 0 Å². The standard InChI is InChI=1S/C20H25N5O2/c1-3-27-17-6-4-16(5-7-17)20(10-12-26-13-11-20)14-21-18-8-9-19-23-22-15(2)25(19)24-18/h4-9H,3,10-14H2,1-2H3,(H,21,24). The fraction of sp³-hybridized carbons (Fsp3) is 0.450. The van der Waals surface area contributed by atoms with Gasteiger partial charge in [0.25, 0.3) is 0 Å². The zero-order valence-corrected chi connectivity index (χ0v) is 15.8. The lowest BCUT2D eigenvalue weighted by Crippen LogP contribution is -2.40. The first-order valence-electron chi connectivity index (χ1n) is 9.44. The molecular weight excluding hydrogens is 342 g/mol. The number of nitrogens with zero attached hydrogens (tertiary/aromatic N) is 4. The number of nitrogens with one attached hydrogen (secondary N) is 1. The summed E-state index contributed by atoms with van der Waals surface area (Å²) in [5.74, 6) is 2.51. The van der Waals surface area contributed by atoms with Crippen molar-refractivity contribution in [2.75, 3.05) is 31.7 Å². The van der Waals surface area contributed by atoms with Gasteiger partial charge in [0.15, 0.2) is 11.5 Å². The molecular formula is C20H25N5O2. The molecule has 0 amide bonds. The van der Waals surface area contributed by atoms with Crippen LogP contribution in [0.1, 0.15) is 31.2 Å². The zero-order chi connectivity index (χ0) is 18.7. The lowest BCUT2D eigenvalue weighted by molar-refractivity contribution is 0.0543. The van der Waals surface area contributed by atoms with Gasteiger partial charge in [0.05, 0.1) is 6.61 Å². The van der Waals surface area contributed by atoms with E-state index in [0.717, 1.165) is 55.6 Å². The summed E-state index contributed by atoms with van der Waals surface area (Å²) < 4.78 is 13.0. The first-order chi connectivity index (χ1) is 13.2. The summed E-state index contributed by atoms with van der Waals surface area (Å²) in [5, 5.41) is 16.3. The van der Waals surface area contributed by atoms with Gasteiger partial charge in [-0.3, -0.25) is 0 Å². The van der Waals surface area contributed by atoms with Crippen LogP contribution in [-0.4, -0.2) is 46.2 Å². The maximum absolute atomic E-state index is 5.63. The summed E-state index contributed by atoms with van der Waals surface area (Å²) in [6.07, 6.45) is 1.95. The highest BCUT2D eigenvalue weighted by Gasteiger charge is 2.34. The number of benzene rings is 1. The van der Waals surface area contributed by atoms with Gasteiger partial charge in [-0.1, -0.05) is 12.1 Å². The van der Waals surface area contributed by atoms with Gasteiger partial charge in [-0.05, 0) is 56.5 Å². The van der Waals surface area contributed by atoms with Crippen molar-refractivity contribution >= 4 is 11.5 Å². The Morgan fingerprint density at radius 2 is 1.89 bits per heavy atom. The first kappa shape index (κ1) is 17.7. The van der Waals surface area contributed by atoms with Crippen molar-refractivity contribution in [3.05, 3.63) is 47.8 Å². The van der Waals surface area contributed by atoms with E-state index in [2.05, 4.69) is 44.9 Å². The number of aromatic nitrogens is 4. The number of hydrogen-bond acceptors (Lipinski definition) is 6. The van der Waals surface area contributed by atoms with Crippen LogP contribution in [0.2, 0.25) is 0 Å². The monoisotopic (exact) mass is 367 g/mol. The highest BCUT2D eigenvalue weighted by atomic mass is 16.5. The normalized spacial score (nSPS) is 16.4. The summed E-state index contributed by atoms with van der Waals surface area (Å²) in [7, 11) is 0. The Kier molecular flexibility index (Phi) is 4.94. The largest absolute Gasteiger partial charge is 0.494 e. The molecule has 0 spiro atoms. The second-order valence-corrected chi connectivity index (χ2v) is 6.94. The number of ether oxygens (including phenoxy) is 2. The molecule has 0 unspecified atom stereocenters. The van der Waals surface area contributed by atoms with Crippen LogP contribution in [0.5, 0.6) is 5.75 Å². The fourth-order valence-electron chi connectivity index (χ4n) is 3.65. The Morgan fingerprint density at radius 3 is 2.63 bits per heavy atom. The molecule has 3 aromatic rings. The lowest BCUT2D eigenvalue weighted by atomic mass is 9.74. The second-order valence-electron chi connectivity index (χ2n) is 6.94. The van der Waals surface area contributed by atoms with Gasteiger partial charge < -0.3 is 14.8 Å². The summed E-state index contributed by atoms with van der Waals surface area (Å²) in [6.45, 7) is 6.91. The summed E-state index contributed by atoms with van der Waals surface area (Å²) in [6, 6.07) is 12.4. The molecule has 2 aromatic heterocycles. The van der Waals surface area contributed by atoms with E-state index in [1.807, 2.05) is 26.0 Å². The van der Waals surface area contributed by atoms with E-state index in [-0.39, 0.29) is 5.41 Å². The molecule has 4 rings (SSSR count). The molecule has 7 nitrogen and oxygen atoms in total. The van der Waals surface area contributed by atoms with Crippen molar-refractivity contribution in [2.45, 2.75) is 32.1 Å². The van der Waals surface area contributed by atoms with E-state index in [1.54, 1.807) is 4.52 Å². The number of rotatable bonds is 6. The molecule has 0 saturated carbocycles. The lowest BCUT2D eigenvalue weighted by Gasteiger charge is -2.38. The Morgan fingerprint density at radius 1 is 1.11 bits per heavy atom. The van der Waals surface area contributed by atoms with E-state index in [1.165, 1.54) is 5.56 Å². The highest BCUT2D eigenvalue weighted by Crippen LogP contribution is 2.36. The molecule has 27 heavy (non-hydrogen) atoms. The van der Waals surface area contributed by atoms with Crippen molar-refractivity contribution in [1.82, 2.24) is 19.8 Å². The third-order valence-electron chi connectivity index (χ3n) is 5.25. The Hall–Kier alpha value is -2.67. The second kappa shape index (κ2) is 7.52. The minimum Gasteiger partial charge on any atom is -0.494 e. The van der Waals surface area contributed by atoms with E-state index in [0.29, 0.717) is 6.61 Å². The SMILES string of the molecule is CCOc1ccc(C2(CNc3ccc4nnc(C)n4n3)CCOCC2)cc1. The molecule has 1 aromatic carbocycles. The first-order valence-corrected chi connectivity index (χ1v) is 9.44. The van der Waals surface area contributed by atoms with Gasteiger partial charge >= 0.3 is 0 Å². The maximum Gasteiger partial charge on any atom is 0.178 e. The Bertz CT molecular complexity index is 900. The molecule has 0 radical (unpaired) electrons. The van der Waals surface area contributed by atoms with Gasteiger partial charge in [0.2, 0.25) is 0 Å². The molecule has 0 atom stereocenters. The van der Waals surface area contributed by atoms with Crippen LogP contribution in [0.15, 0.2) is 36.4 Å². The van der Waals surface area contributed by atoms with Crippen LogP contribution in [0.4, 0.5) is 5.82 Å². The van der Waals surface area contributed by atoms with Crippen LogP contribution in [0.25, 0.3) is 5.65 Å². The number of hydrogen-bond donors (Lipinski definition) is 1. The van der Waals surface area contributed by atoms with Crippen molar-refractivity contribution in [2.24, 2.45) is 0 Å². The molecule has 1 fully saturated rings. The summed E-state index contributed by atoms with van der Waals surface area (Å²) in [5.41, 5.74) is 2.08. The van der Waals surface area contributed by atoms with Crippen LogP contribution in [0, 0.1) is 6.92 Å². The average Bonchev–Trinajstić information content (AvgIpc) is 3.08. The number of fused-ring (bicyclic) bond motifs is 1. The van der Waals surface area contributed by atoms with Crippen LogP contribution < -0.4 is 10.1 Å². The van der Waals surface area contributed by atoms with Crippen molar-refractivity contribution in [3.8, 4) is 5.75 Å². The molecule has 7 heteroatoms. The molecule has 1 aliphatic rings.